The number of methoxy groups -OCH3 is 2. The van der Waals surface area contributed by atoms with E-state index in [4.69, 9.17) is 18.9 Å². The number of hydrogen-bond acceptors (Lipinski definition) is 6. The highest BCUT2D eigenvalue weighted by atomic mass is 16.5. The van der Waals surface area contributed by atoms with Crippen LogP contribution in [-0.4, -0.2) is 45.9 Å². The fourth-order valence-corrected chi connectivity index (χ4v) is 2.97. The van der Waals surface area contributed by atoms with Crippen molar-refractivity contribution >= 4 is 17.6 Å². The number of carbonyl (C=O) groups is 1. The summed E-state index contributed by atoms with van der Waals surface area (Å²) in [4.78, 5) is 16.4. The van der Waals surface area contributed by atoms with Crippen molar-refractivity contribution < 1.29 is 23.7 Å². The minimum absolute atomic E-state index is 0.380. The van der Waals surface area contributed by atoms with Gasteiger partial charge in [-0.25, -0.2) is 9.79 Å². The standard InChI is InChI=1S/C22H27N3O5/c1-4-23-22(25-16-7-9-18-20(13-16)30-11-5-10-29-18)24-14-15-6-8-17(21(26)28-3)19(12-15)27-2/h6-9,12-13H,4-5,10-11,14H2,1-3H3,(H2,23,24,25). The molecule has 1 heterocycles. The van der Waals surface area contributed by atoms with Gasteiger partial charge in [-0.05, 0) is 36.8 Å². The average molecular weight is 413 g/mol. The lowest BCUT2D eigenvalue weighted by molar-refractivity contribution is 0.0597. The molecule has 0 unspecified atom stereocenters. The van der Waals surface area contributed by atoms with Gasteiger partial charge in [0.05, 0.1) is 34.0 Å². The number of nitrogens with one attached hydrogen (secondary N) is 2. The maximum atomic E-state index is 11.8. The number of nitrogens with zero attached hydrogens (tertiary/aromatic N) is 1. The number of hydrogen-bond donors (Lipinski definition) is 2. The van der Waals surface area contributed by atoms with E-state index in [1.807, 2.05) is 31.2 Å². The predicted octanol–water partition coefficient (Wildman–Crippen LogP) is 3.22. The molecule has 8 heteroatoms. The minimum atomic E-state index is -0.439. The Kier molecular flexibility index (Phi) is 7.37. The van der Waals surface area contributed by atoms with Gasteiger partial charge in [-0.3, -0.25) is 0 Å². The summed E-state index contributed by atoms with van der Waals surface area (Å²) in [6.45, 7) is 4.40. The number of fused-ring (bicyclic) bond motifs is 1. The van der Waals surface area contributed by atoms with Gasteiger partial charge >= 0.3 is 5.97 Å². The molecule has 0 amide bonds. The molecule has 0 radical (unpaired) electrons. The van der Waals surface area contributed by atoms with Crippen LogP contribution in [0.4, 0.5) is 5.69 Å². The SMILES string of the molecule is CCNC(=NCc1ccc(C(=O)OC)c(OC)c1)Nc1ccc2c(c1)OCCCO2. The third-order valence-corrected chi connectivity index (χ3v) is 4.45. The molecule has 1 aliphatic heterocycles. The minimum Gasteiger partial charge on any atom is -0.496 e. The molecule has 0 bridgehead atoms. The fourth-order valence-electron chi connectivity index (χ4n) is 2.97. The van der Waals surface area contributed by atoms with Crippen LogP contribution in [0.1, 0.15) is 29.3 Å². The highest BCUT2D eigenvalue weighted by molar-refractivity contribution is 5.94. The number of ether oxygens (including phenoxy) is 4. The molecule has 0 fully saturated rings. The summed E-state index contributed by atoms with van der Waals surface area (Å²) in [5, 5.41) is 6.51. The maximum Gasteiger partial charge on any atom is 0.341 e. The first-order chi connectivity index (χ1) is 14.6. The average Bonchev–Trinajstić information content (AvgIpc) is 3.02. The molecule has 0 aromatic heterocycles. The molecule has 2 N–H and O–H groups in total. The Morgan fingerprint density at radius 3 is 2.63 bits per heavy atom. The van der Waals surface area contributed by atoms with Gasteiger partial charge < -0.3 is 29.6 Å². The topological polar surface area (TPSA) is 90.4 Å². The number of aliphatic imine (C=N–C) groups is 1. The number of esters is 1. The van der Waals surface area contributed by atoms with Crippen LogP contribution in [-0.2, 0) is 11.3 Å². The second-order valence-electron chi connectivity index (χ2n) is 6.56. The Morgan fingerprint density at radius 2 is 1.90 bits per heavy atom. The Morgan fingerprint density at radius 1 is 1.10 bits per heavy atom. The lowest BCUT2D eigenvalue weighted by Crippen LogP contribution is -2.30. The summed E-state index contributed by atoms with van der Waals surface area (Å²) < 4.78 is 21.5. The number of guanidine groups is 1. The van der Waals surface area contributed by atoms with Crippen molar-refractivity contribution in [3.8, 4) is 17.2 Å². The third kappa shape index (κ3) is 5.34. The quantitative estimate of drug-likeness (QED) is 0.427. The van der Waals surface area contributed by atoms with Gasteiger partial charge in [0, 0.05) is 24.7 Å². The van der Waals surface area contributed by atoms with Crippen molar-refractivity contribution in [2.75, 3.05) is 39.3 Å². The Balaban J connectivity index is 1.75. The normalized spacial score (nSPS) is 13.2. The molecule has 2 aromatic rings. The molecular weight excluding hydrogens is 386 g/mol. The van der Waals surface area contributed by atoms with E-state index in [2.05, 4.69) is 15.6 Å². The van der Waals surface area contributed by atoms with Crippen LogP contribution < -0.4 is 24.8 Å². The highest BCUT2D eigenvalue weighted by Gasteiger charge is 2.14. The van der Waals surface area contributed by atoms with Crippen molar-refractivity contribution in [1.29, 1.82) is 0 Å². The summed E-state index contributed by atoms with van der Waals surface area (Å²) >= 11 is 0. The zero-order chi connectivity index (χ0) is 21.3. The van der Waals surface area contributed by atoms with Gasteiger partial charge in [0.25, 0.3) is 0 Å². The van der Waals surface area contributed by atoms with E-state index in [-0.39, 0.29) is 0 Å². The van der Waals surface area contributed by atoms with Gasteiger partial charge in [0.15, 0.2) is 17.5 Å². The zero-order valence-corrected chi connectivity index (χ0v) is 17.5. The Hall–Kier alpha value is -3.42. The Labute approximate surface area is 176 Å². The molecule has 0 saturated heterocycles. The highest BCUT2D eigenvalue weighted by Crippen LogP contribution is 2.32. The molecule has 160 valence electrons. The molecule has 0 atom stereocenters. The number of benzene rings is 2. The number of rotatable bonds is 6. The predicted molar refractivity (Wildman–Crippen MR) is 115 cm³/mol. The molecule has 2 aromatic carbocycles. The third-order valence-electron chi connectivity index (χ3n) is 4.45. The number of carbonyl (C=O) groups excluding carboxylic acids is 1. The molecule has 30 heavy (non-hydrogen) atoms. The van der Waals surface area contributed by atoms with Crippen molar-refractivity contribution in [3.05, 3.63) is 47.5 Å². The molecule has 0 saturated carbocycles. The maximum absolute atomic E-state index is 11.8. The van der Waals surface area contributed by atoms with Crippen molar-refractivity contribution in [2.24, 2.45) is 4.99 Å². The van der Waals surface area contributed by atoms with Crippen LogP contribution in [0.2, 0.25) is 0 Å². The van der Waals surface area contributed by atoms with Gasteiger partial charge in [-0.1, -0.05) is 6.07 Å². The fraction of sp³-hybridized carbons (Fsp3) is 0.364. The largest absolute Gasteiger partial charge is 0.496 e. The summed E-state index contributed by atoms with van der Waals surface area (Å²) in [7, 11) is 2.86. The summed E-state index contributed by atoms with van der Waals surface area (Å²) in [5.74, 6) is 2.11. The second-order valence-corrected chi connectivity index (χ2v) is 6.56. The van der Waals surface area contributed by atoms with E-state index in [0.717, 1.165) is 29.2 Å². The Bertz CT molecular complexity index is 914. The van der Waals surface area contributed by atoms with E-state index >= 15 is 0 Å². The van der Waals surface area contributed by atoms with Crippen molar-refractivity contribution in [2.45, 2.75) is 19.9 Å². The first-order valence-electron chi connectivity index (χ1n) is 9.84. The smallest absolute Gasteiger partial charge is 0.341 e. The van der Waals surface area contributed by atoms with Crippen LogP contribution in [0.5, 0.6) is 17.2 Å². The van der Waals surface area contributed by atoms with Crippen LogP contribution in [0.15, 0.2) is 41.4 Å². The van der Waals surface area contributed by atoms with Crippen LogP contribution >= 0.6 is 0 Å². The lowest BCUT2D eigenvalue weighted by atomic mass is 10.1. The van der Waals surface area contributed by atoms with Crippen LogP contribution in [0.25, 0.3) is 0 Å². The number of anilines is 1. The van der Waals surface area contributed by atoms with Gasteiger partial charge in [-0.15, -0.1) is 0 Å². The van der Waals surface area contributed by atoms with E-state index < -0.39 is 5.97 Å². The first-order valence-corrected chi connectivity index (χ1v) is 9.84. The summed E-state index contributed by atoms with van der Waals surface area (Å²) in [5.41, 5.74) is 2.12. The molecular formula is C22H27N3O5. The van der Waals surface area contributed by atoms with E-state index in [9.17, 15) is 4.79 Å². The van der Waals surface area contributed by atoms with E-state index in [0.29, 0.717) is 43.6 Å². The van der Waals surface area contributed by atoms with Gasteiger partial charge in [0.2, 0.25) is 0 Å². The monoisotopic (exact) mass is 413 g/mol. The molecule has 8 nitrogen and oxygen atoms in total. The summed E-state index contributed by atoms with van der Waals surface area (Å²) in [6, 6.07) is 11.0. The second kappa shape index (κ2) is 10.4. The summed E-state index contributed by atoms with van der Waals surface area (Å²) in [6.07, 6.45) is 0.861. The van der Waals surface area contributed by atoms with Crippen molar-refractivity contribution in [3.63, 3.8) is 0 Å². The molecule has 1 aliphatic rings. The van der Waals surface area contributed by atoms with E-state index in [1.165, 1.54) is 14.2 Å². The van der Waals surface area contributed by atoms with Crippen LogP contribution in [0.3, 0.4) is 0 Å². The first kappa shape index (κ1) is 21.3. The molecule has 0 aliphatic carbocycles. The molecule has 0 spiro atoms. The van der Waals surface area contributed by atoms with Crippen molar-refractivity contribution in [1.82, 2.24) is 5.32 Å². The van der Waals surface area contributed by atoms with Gasteiger partial charge in [-0.2, -0.15) is 0 Å². The lowest BCUT2D eigenvalue weighted by Gasteiger charge is -2.14. The van der Waals surface area contributed by atoms with Gasteiger partial charge in [0.1, 0.15) is 11.3 Å². The molecule has 3 rings (SSSR count). The van der Waals surface area contributed by atoms with E-state index in [1.54, 1.807) is 12.1 Å². The zero-order valence-electron chi connectivity index (χ0n) is 17.5. The van der Waals surface area contributed by atoms with Crippen LogP contribution in [0, 0.1) is 0 Å².